The second kappa shape index (κ2) is 10.9. The van der Waals surface area contributed by atoms with Gasteiger partial charge in [-0.15, -0.1) is 5.10 Å². The number of aliphatic hydroxyl groups excluding tert-OH is 1. The van der Waals surface area contributed by atoms with Crippen LogP contribution in [0.15, 0.2) is 78.9 Å². The number of ether oxygens (including phenoxy) is 1. The summed E-state index contributed by atoms with van der Waals surface area (Å²) in [6.07, 6.45) is 7.49. The van der Waals surface area contributed by atoms with E-state index in [9.17, 15) is 19.5 Å². The van der Waals surface area contributed by atoms with Gasteiger partial charge in [0, 0.05) is 19.6 Å². The molecule has 1 unspecified atom stereocenters. The van der Waals surface area contributed by atoms with E-state index in [1.807, 2.05) is 99.7 Å². The zero-order chi connectivity index (χ0) is 31.5. The molecule has 4 aliphatic heterocycles. The van der Waals surface area contributed by atoms with Crippen LogP contribution in [-0.4, -0.2) is 95.5 Å². The Labute approximate surface area is 261 Å². The van der Waals surface area contributed by atoms with E-state index in [4.69, 9.17) is 4.74 Å². The maximum Gasteiger partial charge on any atom is 0.250 e. The second-order valence-electron chi connectivity index (χ2n) is 13.0. The van der Waals surface area contributed by atoms with Gasteiger partial charge in [-0.2, -0.15) is 0 Å². The Kier molecular flexibility index (Phi) is 7.13. The molecular weight excluding hydrogens is 572 g/mol. The predicted molar refractivity (Wildman–Crippen MR) is 165 cm³/mol. The molecule has 3 aromatic rings. The van der Waals surface area contributed by atoms with E-state index in [0.717, 1.165) is 11.1 Å². The van der Waals surface area contributed by atoms with E-state index in [1.165, 1.54) is 4.90 Å². The SMILES string of the molecule is CC(C)[C@H](CO)N1C(=O)[C@@H]2[C@@H]3C(=O)N(Cc4ccccc4)CC=C[C@]3(C)O[C@@]23C=CCN(Cn2nnc4ccccc42)C(=O)C13. The van der Waals surface area contributed by atoms with Crippen molar-refractivity contribution in [1.29, 1.82) is 0 Å². The molecule has 45 heavy (non-hydrogen) atoms. The van der Waals surface area contributed by atoms with E-state index < -0.39 is 35.1 Å². The Bertz CT molecular complexity index is 1700. The van der Waals surface area contributed by atoms with Gasteiger partial charge in [0.25, 0.3) is 5.91 Å². The molecule has 1 spiro atoms. The Balaban J connectivity index is 1.31. The fourth-order valence-electron chi connectivity index (χ4n) is 7.79. The molecular formula is C34H38N6O5. The van der Waals surface area contributed by atoms with Crippen LogP contribution in [0.2, 0.25) is 0 Å². The van der Waals surface area contributed by atoms with Crippen molar-refractivity contribution in [2.75, 3.05) is 19.7 Å². The average molecular weight is 611 g/mol. The molecule has 2 saturated heterocycles. The van der Waals surface area contributed by atoms with E-state index in [1.54, 1.807) is 14.5 Å². The van der Waals surface area contributed by atoms with Crippen LogP contribution in [0.1, 0.15) is 26.3 Å². The molecule has 234 valence electrons. The summed E-state index contributed by atoms with van der Waals surface area (Å²) in [5.41, 5.74) is -0.0640. The summed E-state index contributed by atoms with van der Waals surface area (Å²) < 4.78 is 8.61. The van der Waals surface area contributed by atoms with Gasteiger partial charge >= 0.3 is 0 Å². The van der Waals surface area contributed by atoms with Gasteiger partial charge in [0.15, 0.2) is 0 Å². The maximum absolute atomic E-state index is 14.7. The Morgan fingerprint density at radius 3 is 2.38 bits per heavy atom. The molecule has 5 heterocycles. The molecule has 4 aliphatic rings. The molecule has 0 bridgehead atoms. The lowest BCUT2D eigenvalue weighted by molar-refractivity contribution is -0.157. The van der Waals surface area contributed by atoms with Crippen molar-refractivity contribution in [1.82, 2.24) is 29.7 Å². The summed E-state index contributed by atoms with van der Waals surface area (Å²) >= 11 is 0. The summed E-state index contributed by atoms with van der Waals surface area (Å²) in [6, 6.07) is 15.5. The molecule has 1 aromatic heterocycles. The molecule has 2 fully saturated rings. The highest BCUT2D eigenvalue weighted by Crippen LogP contribution is 2.58. The highest BCUT2D eigenvalue weighted by atomic mass is 16.5. The molecule has 6 atom stereocenters. The zero-order valence-corrected chi connectivity index (χ0v) is 25.7. The lowest BCUT2D eigenvalue weighted by Crippen LogP contribution is -2.59. The number of hydrogen-bond donors (Lipinski definition) is 1. The molecule has 11 heteroatoms. The molecule has 7 rings (SSSR count). The van der Waals surface area contributed by atoms with Crippen molar-refractivity contribution in [3.8, 4) is 0 Å². The molecule has 2 aromatic carbocycles. The van der Waals surface area contributed by atoms with Crippen molar-refractivity contribution >= 4 is 28.8 Å². The van der Waals surface area contributed by atoms with E-state index >= 15 is 0 Å². The highest BCUT2D eigenvalue weighted by molar-refractivity contribution is 6.00. The monoisotopic (exact) mass is 610 g/mol. The number of amides is 3. The van der Waals surface area contributed by atoms with Gasteiger partial charge in [-0.3, -0.25) is 14.4 Å². The maximum atomic E-state index is 14.7. The van der Waals surface area contributed by atoms with Crippen LogP contribution in [0.5, 0.6) is 0 Å². The third kappa shape index (κ3) is 4.51. The fourth-order valence-corrected chi connectivity index (χ4v) is 7.79. The first-order valence-corrected chi connectivity index (χ1v) is 15.6. The number of benzene rings is 2. The standard InChI is InChI=1S/C34H38N6O5/c1-22(2)26(20-41)40-29-32(44)38(21-39-25-14-8-7-13-24(25)35-36-39)18-10-16-34(29)28(31(40)43)27-30(42)37(17-9-15-33(27,3)45-34)19-23-11-5-4-6-12-23/h4-16,22,26-29,41H,17-21H2,1-3H3/t26-,27+,28-,29?,33-,34-/m0/s1. The Morgan fingerprint density at radius 1 is 0.911 bits per heavy atom. The fraction of sp³-hybridized carbons (Fsp3) is 0.441. The molecule has 3 amide bonds. The number of para-hydroxylation sites is 1. The number of rotatable bonds is 7. The number of aliphatic hydroxyl groups is 1. The summed E-state index contributed by atoms with van der Waals surface area (Å²) in [5.74, 6) is -2.85. The van der Waals surface area contributed by atoms with E-state index in [0.29, 0.717) is 18.6 Å². The van der Waals surface area contributed by atoms with Gasteiger partial charge in [0.1, 0.15) is 23.8 Å². The van der Waals surface area contributed by atoms with Crippen LogP contribution < -0.4 is 0 Å². The first-order valence-electron chi connectivity index (χ1n) is 15.6. The van der Waals surface area contributed by atoms with Gasteiger partial charge in [-0.25, -0.2) is 4.68 Å². The minimum absolute atomic E-state index is 0.110. The zero-order valence-electron chi connectivity index (χ0n) is 25.7. The van der Waals surface area contributed by atoms with Crippen LogP contribution in [0.3, 0.4) is 0 Å². The Morgan fingerprint density at radius 2 is 1.62 bits per heavy atom. The van der Waals surface area contributed by atoms with Crippen LogP contribution in [-0.2, 0) is 32.3 Å². The van der Waals surface area contributed by atoms with Gasteiger partial charge in [-0.1, -0.05) is 85.8 Å². The number of aromatic nitrogens is 3. The Hall–Kier alpha value is -4.35. The van der Waals surface area contributed by atoms with Crippen LogP contribution in [0, 0.1) is 17.8 Å². The molecule has 0 saturated carbocycles. The number of likely N-dealkylation sites (tertiary alicyclic amines) is 1. The average Bonchev–Trinajstić information content (AvgIpc) is 3.56. The number of nitrogens with zero attached hydrogens (tertiary/aromatic N) is 6. The summed E-state index contributed by atoms with van der Waals surface area (Å²) in [4.78, 5) is 48.9. The second-order valence-corrected chi connectivity index (χ2v) is 13.0. The third-order valence-electron chi connectivity index (χ3n) is 9.92. The van der Waals surface area contributed by atoms with Gasteiger partial charge < -0.3 is 24.5 Å². The summed E-state index contributed by atoms with van der Waals surface area (Å²) in [5, 5.41) is 19.1. The van der Waals surface area contributed by atoms with Crippen molar-refractivity contribution in [3.05, 3.63) is 84.5 Å². The normalized spacial score (nSPS) is 30.1. The van der Waals surface area contributed by atoms with Crippen molar-refractivity contribution in [3.63, 3.8) is 0 Å². The number of carbonyl (C=O) groups is 3. The van der Waals surface area contributed by atoms with Gasteiger partial charge in [0.2, 0.25) is 11.8 Å². The van der Waals surface area contributed by atoms with Crippen LogP contribution >= 0.6 is 0 Å². The molecule has 0 radical (unpaired) electrons. The van der Waals surface area contributed by atoms with Gasteiger partial charge in [0.05, 0.1) is 35.6 Å². The van der Waals surface area contributed by atoms with Crippen LogP contribution in [0.25, 0.3) is 11.0 Å². The van der Waals surface area contributed by atoms with E-state index in [2.05, 4.69) is 10.3 Å². The third-order valence-corrected chi connectivity index (χ3v) is 9.92. The highest BCUT2D eigenvalue weighted by Gasteiger charge is 2.75. The molecule has 0 aliphatic carbocycles. The van der Waals surface area contributed by atoms with Crippen molar-refractivity contribution in [2.45, 2.75) is 57.3 Å². The number of carbonyl (C=O) groups excluding carboxylic acids is 3. The number of hydrogen-bond acceptors (Lipinski definition) is 7. The lowest BCUT2D eigenvalue weighted by Gasteiger charge is -2.41. The van der Waals surface area contributed by atoms with E-state index in [-0.39, 0.29) is 43.5 Å². The minimum atomic E-state index is -1.41. The molecule has 1 N–H and O–H groups in total. The molecule has 11 nitrogen and oxygen atoms in total. The van der Waals surface area contributed by atoms with Crippen LogP contribution in [0.4, 0.5) is 0 Å². The smallest absolute Gasteiger partial charge is 0.250 e. The largest absolute Gasteiger partial charge is 0.394 e. The first-order chi connectivity index (χ1) is 21.7. The minimum Gasteiger partial charge on any atom is -0.394 e. The predicted octanol–water partition coefficient (Wildman–Crippen LogP) is 2.37. The number of fused-ring (bicyclic) bond motifs is 3. The lowest BCUT2D eigenvalue weighted by atomic mass is 9.74. The van der Waals surface area contributed by atoms with Gasteiger partial charge in [-0.05, 0) is 30.5 Å². The summed E-state index contributed by atoms with van der Waals surface area (Å²) in [6.45, 7) is 6.46. The van der Waals surface area contributed by atoms with Crippen molar-refractivity contribution < 1.29 is 24.2 Å². The quantitative estimate of drug-likeness (QED) is 0.408. The summed E-state index contributed by atoms with van der Waals surface area (Å²) in [7, 11) is 0. The topological polar surface area (TPSA) is 121 Å². The first kappa shape index (κ1) is 29.4. The van der Waals surface area contributed by atoms with Crippen molar-refractivity contribution in [2.24, 2.45) is 17.8 Å².